The molecule has 1 fully saturated rings. The highest BCUT2D eigenvalue weighted by Gasteiger charge is 2.33. The molecular formula is C9H11F3N4. The standard InChI is InChI=1S/C9H11F3N4/c10-9(11,12)7-1-2-15-8(16-7)6-5-13-3-4-14-6/h1-2,6,13-14H,3-5H2/t6-/m1/s1. The second kappa shape index (κ2) is 4.34. The monoisotopic (exact) mass is 232 g/mol. The van der Waals surface area contributed by atoms with Gasteiger partial charge in [-0.1, -0.05) is 0 Å². The lowest BCUT2D eigenvalue weighted by atomic mass is 10.2. The fraction of sp³-hybridized carbons (Fsp3) is 0.556. The molecule has 2 N–H and O–H groups in total. The van der Waals surface area contributed by atoms with Crippen LogP contribution < -0.4 is 10.6 Å². The first kappa shape index (κ1) is 11.3. The van der Waals surface area contributed by atoms with Gasteiger partial charge in [-0.05, 0) is 6.07 Å². The van der Waals surface area contributed by atoms with E-state index < -0.39 is 11.9 Å². The average Bonchev–Trinajstić information content (AvgIpc) is 2.29. The predicted molar refractivity (Wildman–Crippen MR) is 50.6 cm³/mol. The molecule has 1 aliphatic rings. The van der Waals surface area contributed by atoms with Gasteiger partial charge in [-0.2, -0.15) is 13.2 Å². The number of aromatic nitrogens is 2. The van der Waals surface area contributed by atoms with E-state index in [-0.39, 0.29) is 11.9 Å². The van der Waals surface area contributed by atoms with Gasteiger partial charge in [0.25, 0.3) is 0 Å². The summed E-state index contributed by atoms with van der Waals surface area (Å²) in [5.74, 6) is 0.182. The molecule has 1 aromatic heterocycles. The van der Waals surface area contributed by atoms with Crippen LogP contribution in [0.15, 0.2) is 12.3 Å². The number of hydrogen-bond donors (Lipinski definition) is 2. The van der Waals surface area contributed by atoms with Crippen molar-refractivity contribution in [1.29, 1.82) is 0 Å². The summed E-state index contributed by atoms with van der Waals surface area (Å²) in [5.41, 5.74) is -0.898. The fourth-order valence-electron chi connectivity index (χ4n) is 1.54. The van der Waals surface area contributed by atoms with Gasteiger partial charge in [0.2, 0.25) is 0 Å². The third-order valence-electron chi connectivity index (χ3n) is 2.32. The first-order chi connectivity index (χ1) is 7.57. The van der Waals surface area contributed by atoms with Crippen LogP contribution in [0.5, 0.6) is 0 Å². The molecule has 2 heterocycles. The molecule has 0 saturated carbocycles. The summed E-state index contributed by atoms with van der Waals surface area (Å²) in [4.78, 5) is 7.39. The molecule has 7 heteroatoms. The second-order valence-electron chi connectivity index (χ2n) is 3.51. The molecule has 0 aromatic carbocycles. The smallest absolute Gasteiger partial charge is 0.313 e. The Labute approximate surface area is 90.3 Å². The van der Waals surface area contributed by atoms with Gasteiger partial charge in [-0.15, -0.1) is 0 Å². The molecule has 1 saturated heterocycles. The third-order valence-corrected chi connectivity index (χ3v) is 2.32. The van der Waals surface area contributed by atoms with E-state index in [1.165, 1.54) is 0 Å². The number of halogens is 3. The zero-order valence-electron chi connectivity index (χ0n) is 8.38. The normalized spacial score (nSPS) is 22.1. The van der Waals surface area contributed by atoms with E-state index in [2.05, 4.69) is 20.6 Å². The van der Waals surface area contributed by atoms with Crippen LogP contribution in [0, 0.1) is 0 Å². The highest BCUT2D eigenvalue weighted by Crippen LogP contribution is 2.27. The SMILES string of the molecule is FC(F)(F)c1ccnc([C@H]2CNCCN2)n1. The molecule has 16 heavy (non-hydrogen) atoms. The van der Waals surface area contributed by atoms with Gasteiger partial charge in [0, 0.05) is 25.8 Å². The highest BCUT2D eigenvalue weighted by molar-refractivity contribution is 5.09. The lowest BCUT2D eigenvalue weighted by molar-refractivity contribution is -0.141. The Morgan fingerprint density at radius 1 is 1.31 bits per heavy atom. The van der Waals surface area contributed by atoms with Crippen LogP contribution >= 0.6 is 0 Å². The van der Waals surface area contributed by atoms with Crippen molar-refractivity contribution in [3.63, 3.8) is 0 Å². The molecule has 1 atom stereocenters. The van der Waals surface area contributed by atoms with E-state index in [4.69, 9.17) is 0 Å². The molecule has 0 aliphatic carbocycles. The number of nitrogens with zero attached hydrogens (tertiary/aromatic N) is 2. The molecule has 0 radical (unpaired) electrons. The van der Waals surface area contributed by atoms with Gasteiger partial charge >= 0.3 is 6.18 Å². The molecule has 0 bridgehead atoms. The quantitative estimate of drug-likeness (QED) is 0.749. The second-order valence-corrected chi connectivity index (χ2v) is 3.51. The first-order valence-electron chi connectivity index (χ1n) is 4.91. The Morgan fingerprint density at radius 2 is 2.12 bits per heavy atom. The Kier molecular flexibility index (Phi) is 3.06. The maximum atomic E-state index is 12.4. The zero-order chi connectivity index (χ0) is 11.6. The van der Waals surface area contributed by atoms with Crippen LogP contribution in [0.4, 0.5) is 13.2 Å². The van der Waals surface area contributed by atoms with Crippen LogP contribution in [-0.4, -0.2) is 29.6 Å². The van der Waals surface area contributed by atoms with Crippen molar-refractivity contribution in [3.05, 3.63) is 23.8 Å². The van der Waals surface area contributed by atoms with Crippen molar-refractivity contribution in [3.8, 4) is 0 Å². The summed E-state index contributed by atoms with van der Waals surface area (Å²) in [6.45, 7) is 2.04. The Morgan fingerprint density at radius 3 is 2.75 bits per heavy atom. The molecule has 88 valence electrons. The van der Waals surface area contributed by atoms with Crippen molar-refractivity contribution in [2.75, 3.05) is 19.6 Å². The summed E-state index contributed by atoms with van der Waals surface area (Å²) in [6, 6.07) is 0.621. The maximum absolute atomic E-state index is 12.4. The number of hydrogen-bond acceptors (Lipinski definition) is 4. The molecule has 1 aromatic rings. The molecule has 4 nitrogen and oxygen atoms in total. The summed E-state index contributed by atoms with van der Waals surface area (Å²) in [7, 11) is 0. The summed E-state index contributed by atoms with van der Waals surface area (Å²) in [5, 5.41) is 6.13. The number of rotatable bonds is 1. The minimum atomic E-state index is -4.42. The lowest BCUT2D eigenvalue weighted by Gasteiger charge is -2.23. The van der Waals surface area contributed by atoms with E-state index in [1.54, 1.807) is 0 Å². The van der Waals surface area contributed by atoms with E-state index in [9.17, 15) is 13.2 Å². The van der Waals surface area contributed by atoms with Crippen molar-refractivity contribution >= 4 is 0 Å². The van der Waals surface area contributed by atoms with Gasteiger partial charge in [-0.25, -0.2) is 9.97 Å². The largest absolute Gasteiger partial charge is 0.433 e. The van der Waals surface area contributed by atoms with Crippen LogP contribution in [-0.2, 0) is 6.18 Å². The fourth-order valence-corrected chi connectivity index (χ4v) is 1.54. The maximum Gasteiger partial charge on any atom is 0.433 e. The molecule has 0 unspecified atom stereocenters. The minimum Gasteiger partial charge on any atom is -0.313 e. The van der Waals surface area contributed by atoms with Crippen LogP contribution in [0.25, 0.3) is 0 Å². The van der Waals surface area contributed by atoms with Crippen molar-refractivity contribution in [2.24, 2.45) is 0 Å². The van der Waals surface area contributed by atoms with Crippen LogP contribution in [0.3, 0.4) is 0 Å². The van der Waals surface area contributed by atoms with Gasteiger partial charge in [0.1, 0.15) is 11.5 Å². The van der Waals surface area contributed by atoms with Crippen molar-refractivity contribution in [1.82, 2.24) is 20.6 Å². The van der Waals surface area contributed by atoms with E-state index in [1.807, 2.05) is 0 Å². The Balaban J connectivity index is 2.21. The number of nitrogens with one attached hydrogen (secondary N) is 2. The molecule has 1 aliphatic heterocycles. The zero-order valence-corrected chi connectivity index (χ0v) is 8.38. The lowest BCUT2D eigenvalue weighted by Crippen LogP contribution is -2.43. The van der Waals surface area contributed by atoms with Crippen LogP contribution in [0.2, 0.25) is 0 Å². The molecular weight excluding hydrogens is 221 g/mol. The number of alkyl halides is 3. The van der Waals surface area contributed by atoms with E-state index in [0.29, 0.717) is 13.1 Å². The predicted octanol–water partition coefficient (Wildman–Crippen LogP) is 0.729. The number of piperazine rings is 1. The van der Waals surface area contributed by atoms with Gasteiger partial charge in [0.05, 0.1) is 6.04 Å². The highest BCUT2D eigenvalue weighted by atomic mass is 19.4. The topological polar surface area (TPSA) is 49.8 Å². The van der Waals surface area contributed by atoms with Gasteiger partial charge in [-0.3, -0.25) is 0 Å². The Hall–Kier alpha value is -1.21. The third kappa shape index (κ3) is 2.48. The summed E-state index contributed by atoms with van der Waals surface area (Å²) in [6.07, 6.45) is -3.28. The molecule has 2 rings (SSSR count). The van der Waals surface area contributed by atoms with Crippen molar-refractivity contribution in [2.45, 2.75) is 12.2 Å². The molecule has 0 spiro atoms. The van der Waals surface area contributed by atoms with Gasteiger partial charge < -0.3 is 10.6 Å². The summed E-state index contributed by atoms with van der Waals surface area (Å²) >= 11 is 0. The van der Waals surface area contributed by atoms with E-state index >= 15 is 0 Å². The minimum absolute atomic E-state index is 0.182. The van der Waals surface area contributed by atoms with Crippen molar-refractivity contribution < 1.29 is 13.2 Å². The van der Waals surface area contributed by atoms with E-state index in [0.717, 1.165) is 18.8 Å². The van der Waals surface area contributed by atoms with Gasteiger partial charge in [0.15, 0.2) is 0 Å². The average molecular weight is 232 g/mol. The van der Waals surface area contributed by atoms with Crippen LogP contribution in [0.1, 0.15) is 17.6 Å². The molecule has 0 amide bonds. The summed E-state index contributed by atoms with van der Waals surface area (Å²) < 4.78 is 37.2. The first-order valence-corrected chi connectivity index (χ1v) is 4.91. The Bertz CT molecular complexity index is 360.